The molecule has 0 N–H and O–H groups in total. The van der Waals surface area contributed by atoms with Crippen LogP contribution in [0.4, 0.5) is 0 Å². The van der Waals surface area contributed by atoms with Gasteiger partial charge in [0.05, 0.1) is 11.1 Å². The number of allylic oxidation sites excluding steroid dienone is 2. The van der Waals surface area contributed by atoms with E-state index in [1.54, 1.807) is 0 Å². The van der Waals surface area contributed by atoms with Crippen LogP contribution in [0.15, 0.2) is 53.6 Å². The number of aryl methyl sites for hydroxylation is 1. The minimum absolute atomic E-state index is 0.0655. The maximum absolute atomic E-state index is 15.3. The molecule has 0 bridgehead atoms. The molecule has 0 aromatic heterocycles. The molecule has 2 aliphatic carbocycles. The predicted molar refractivity (Wildman–Crippen MR) is 244 cm³/mol. The van der Waals surface area contributed by atoms with Gasteiger partial charge in [0.15, 0.2) is 11.6 Å². The molecule has 4 nitrogen and oxygen atoms in total. The van der Waals surface area contributed by atoms with E-state index in [2.05, 4.69) is 66.7 Å². The smallest absolute Gasteiger partial charge is 0.251 e. The SMILES string of the molecule is CCCCC[Si](CCCCC)(CCCCC)OC1=C2C(=O)c3cc(CC)ccc3C(O[Si](CCCCC)(CCCCC)CCCCC)=C2C(=O)c2ccccc21. The zero-order valence-corrected chi connectivity index (χ0v) is 38.9. The van der Waals surface area contributed by atoms with Crippen LogP contribution in [-0.2, 0) is 15.3 Å². The van der Waals surface area contributed by atoms with Crippen molar-refractivity contribution >= 4 is 39.7 Å². The summed E-state index contributed by atoms with van der Waals surface area (Å²) in [6.07, 6.45) is 21.9. The number of unbranched alkanes of at least 4 members (excludes halogenated alkanes) is 12. The molecule has 0 amide bonds. The molecule has 0 fully saturated rings. The standard InChI is InChI=1S/C50H78O4Si2/c1-8-15-23-33-55(34-24-16-9-2,35-25-17-10-3)53-49-42-30-22-21-29-41(42)47(51)45-46(49)48(52)44-39-40(14-7)31-32-43(44)50(45)54-56(36-26-18-11-4,37-27-19-12-5)38-28-20-13-6/h21-22,29-32,39H,8-20,23-28,33-38H2,1-7H3. The summed E-state index contributed by atoms with van der Waals surface area (Å²) in [6, 6.07) is 20.9. The summed E-state index contributed by atoms with van der Waals surface area (Å²) in [5.41, 5.74) is 5.05. The highest BCUT2D eigenvalue weighted by Crippen LogP contribution is 2.49. The lowest BCUT2D eigenvalue weighted by Crippen LogP contribution is -2.41. The molecule has 56 heavy (non-hydrogen) atoms. The fourth-order valence-electron chi connectivity index (χ4n) is 9.16. The number of benzene rings is 2. The Kier molecular flexibility index (Phi) is 19.4. The Morgan fingerprint density at radius 1 is 0.411 bits per heavy atom. The summed E-state index contributed by atoms with van der Waals surface area (Å²) in [6.45, 7) is 15.8. The molecule has 0 aliphatic heterocycles. The first-order chi connectivity index (χ1) is 27.3. The summed E-state index contributed by atoms with van der Waals surface area (Å²) in [4.78, 5) is 30.5. The molecule has 2 aliphatic rings. The van der Waals surface area contributed by atoms with Gasteiger partial charge in [0.25, 0.3) is 16.6 Å². The molecule has 6 heteroatoms. The van der Waals surface area contributed by atoms with Crippen molar-refractivity contribution in [3.63, 3.8) is 0 Å². The fraction of sp³-hybridized carbons (Fsp3) is 0.640. The van der Waals surface area contributed by atoms with Gasteiger partial charge in [-0.15, -0.1) is 0 Å². The lowest BCUT2D eigenvalue weighted by Gasteiger charge is -2.40. The summed E-state index contributed by atoms with van der Waals surface area (Å²) in [5, 5.41) is 0. The van der Waals surface area contributed by atoms with Gasteiger partial charge in [0, 0.05) is 22.3 Å². The highest BCUT2D eigenvalue weighted by atomic mass is 28.4. The van der Waals surface area contributed by atoms with Crippen molar-refractivity contribution in [1.82, 2.24) is 0 Å². The summed E-state index contributed by atoms with van der Waals surface area (Å²) >= 11 is 0. The topological polar surface area (TPSA) is 52.6 Å². The Hall–Kier alpha value is -2.71. The minimum Gasteiger partial charge on any atom is -0.543 e. The van der Waals surface area contributed by atoms with Gasteiger partial charge in [0.1, 0.15) is 11.5 Å². The van der Waals surface area contributed by atoms with Crippen molar-refractivity contribution < 1.29 is 18.4 Å². The minimum atomic E-state index is -2.42. The molecule has 0 unspecified atom stereocenters. The molecule has 0 atom stereocenters. The van der Waals surface area contributed by atoms with Crippen molar-refractivity contribution in [2.75, 3.05) is 0 Å². The third-order valence-electron chi connectivity index (χ3n) is 12.6. The van der Waals surface area contributed by atoms with Gasteiger partial charge in [-0.2, -0.15) is 0 Å². The second kappa shape index (κ2) is 23.6. The van der Waals surface area contributed by atoms with Crippen LogP contribution in [-0.4, -0.2) is 28.2 Å². The summed E-state index contributed by atoms with van der Waals surface area (Å²) in [5.74, 6) is 1.22. The summed E-state index contributed by atoms with van der Waals surface area (Å²) in [7, 11) is -4.83. The van der Waals surface area contributed by atoms with Crippen molar-refractivity contribution in [1.29, 1.82) is 0 Å². The molecule has 0 saturated heterocycles. The van der Waals surface area contributed by atoms with Crippen LogP contribution >= 0.6 is 0 Å². The molecule has 310 valence electrons. The number of rotatable bonds is 29. The predicted octanol–water partition coefficient (Wildman–Crippen LogP) is 15.8. The van der Waals surface area contributed by atoms with E-state index in [1.165, 1.54) is 77.0 Å². The van der Waals surface area contributed by atoms with Crippen molar-refractivity contribution in [2.45, 2.75) is 207 Å². The third kappa shape index (κ3) is 11.7. The first kappa shape index (κ1) is 46.0. The molecule has 0 spiro atoms. The van der Waals surface area contributed by atoms with Gasteiger partial charge in [-0.3, -0.25) is 9.59 Å². The molecular formula is C50H78O4Si2. The first-order valence-electron chi connectivity index (χ1n) is 23.5. The van der Waals surface area contributed by atoms with Crippen LogP contribution in [0.25, 0.3) is 11.5 Å². The van der Waals surface area contributed by atoms with Gasteiger partial charge < -0.3 is 8.85 Å². The average molecular weight is 799 g/mol. The molecule has 0 radical (unpaired) electrons. The van der Waals surface area contributed by atoms with Crippen molar-refractivity contribution in [3.8, 4) is 0 Å². The van der Waals surface area contributed by atoms with Gasteiger partial charge >= 0.3 is 0 Å². The number of carbonyl (C=O) groups is 2. The van der Waals surface area contributed by atoms with E-state index < -0.39 is 16.6 Å². The van der Waals surface area contributed by atoms with Crippen LogP contribution in [0.5, 0.6) is 0 Å². The third-order valence-corrected chi connectivity index (χ3v) is 21.5. The fourth-order valence-corrected chi connectivity index (χ4v) is 17.9. The van der Waals surface area contributed by atoms with Gasteiger partial charge in [-0.05, 0) is 54.3 Å². The van der Waals surface area contributed by atoms with E-state index >= 15 is 9.59 Å². The van der Waals surface area contributed by atoms with Crippen molar-refractivity contribution in [2.24, 2.45) is 0 Å². The lowest BCUT2D eigenvalue weighted by atomic mass is 9.76. The molecular weight excluding hydrogens is 721 g/mol. The molecule has 4 rings (SSSR count). The van der Waals surface area contributed by atoms with Gasteiger partial charge in [-0.25, -0.2) is 0 Å². The van der Waals surface area contributed by atoms with E-state index in [0.717, 1.165) is 97.9 Å². The highest BCUT2D eigenvalue weighted by Gasteiger charge is 2.47. The maximum atomic E-state index is 15.3. The quantitative estimate of drug-likeness (QED) is 0.0608. The second-order valence-corrected chi connectivity index (χ2v) is 25.3. The summed E-state index contributed by atoms with van der Waals surface area (Å²) < 4.78 is 15.6. The molecule has 0 heterocycles. The molecule has 2 aromatic rings. The largest absolute Gasteiger partial charge is 0.543 e. The van der Waals surface area contributed by atoms with E-state index in [9.17, 15) is 0 Å². The van der Waals surface area contributed by atoms with E-state index in [1.807, 2.05) is 24.3 Å². The van der Waals surface area contributed by atoms with Crippen molar-refractivity contribution in [3.05, 3.63) is 81.4 Å². The number of carbonyl (C=O) groups excluding carboxylic acids is 2. The maximum Gasteiger partial charge on any atom is 0.251 e. The number of hydrogen-bond acceptors (Lipinski definition) is 4. The van der Waals surface area contributed by atoms with Crippen LogP contribution < -0.4 is 0 Å². The highest BCUT2D eigenvalue weighted by molar-refractivity contribution is 6.75. The Balaban J connectivity index is 2.06. The average Bonchev–Trinajstić information content (AvgIpc) is 3.21. The van der Waals surface area contributed by atoms with Crippen LogP contribution in [0, 0.1) is 0 Å². The number of hydrogen-bond donors (Lipinski definition) is 0. The van der Waals surface area contributed by atoms with E-state index in [0.29, 0.717) is 33.8 Å². The van der Waals surface area contributed by atoms with Crippen LogP contribution in [0.1, 0.15) is 201 Å². The number of fused-ring (bicyclic) bond motifs is 3. The Morgan fingerprint density at radius 2 is 0.750 bits per heavy atom. The molecule has 0 saturated carbocycles. The van der Waals surface area contributed by atoms with Crippen LogP contribution in [0.2, 0.25) is 36.3 Å². The normalized spacial score (nSPS) is 14.3. The second-order valence-electron chi connectivity index (χ2n) is 17.2. The van der Waals surface area contributed by atoms with Gasteiger partial charge in [0.2, 0.25) is 0 Å². The monoisotopic (exact) mass is 799 g/mol. The van der Waals surface area contributed by atoms with E-state index in [4.69, 9.17) is 8.85 Å². The number of ketones is 2. The Morgan fingerprint density at radius 3 is 1.11 bits per heavy atom. The Labute approximate surface area is 345 Å². The zero-order valence-electron chi connectivity index (χ0n) is 36.9. The zero-order chi connectivity index (χ0) is 40.4. The number of Topliss-reactive ketones (excluding diaryl/α,β-unsaturated/α-hetero) is 2. The first-order valence-corrected chi connectivity index (χ1v) is 28.5. The molecule has 2 aromatic carbocycles. The van der Waals surface area contributed by atoms with E-state index in [-0.39, 0.29) is 11.6 Å². The Bertz CT molecular complexity index is 1570. The van der Waals surface area contributed by atoms with Gasteiger partial charge in [-0.1, -0.05) is 200 Å². The lowest BCUT2D eigenvalue weighted by molar-refractivity contribution is 0.0988. The van der Waals surface area contributed by atoms with Crippen LogP contribution in [0.3, 0.4) is 0 Å².